The van der Waals surface area contributed by atoms with Gasteiger partial charge in [0.1, 0.15) is 4.47 Å². The molecule has 0 N–H and O–H groups in total. The lowest BCUT2D eigenvalue weighted by Gasteiger charge is -2.13. The highest BCUT2D eigenvalue weighted by molar-refractivity contribution is 9.10. The Morgan fingerprint density at radius 1 is 1.67 bits per heavy atom. The van der Waals surface area contributed by atoms with Gasteiger partial charge in [-0.3, -0.25) is 0 Å². The molecule has 0 radical (unpaired) electrons. The summed E-state index contributed by atoms with van der Waals surface area (Å²) < 4.78 is 2.09. The second kappa shape index (κ2) is 4.14. The first-order valence-corrected chi connectivity index (χ1v) is 5.53. The summed E-state index contributed by atoms with van der Waals surface area (Å²) in [6, 6.07) is 0.156. The fourth-order valence-electron chi connectivity index (χ4n) is 1.67. The molecule has 0 saturated heterocycles. The van der Waals surface area contributed by atoms with Gasteiger partial charge in [0.15, 0.2) is 0 Å². The van der Waals surface area contributed by atoms with Crippen LogP contribution in [0.3, 0.4) is 0 Å². The maximum atomic E-state index is 10.6. The van der Waals surface area contributed by atoms with Gasteiger partial charge in [-0.05, 0) is 40.1 Å². The summed E-state index contributed by atoms with van der Waals surface area (Å²) in [6.07, 6.45) is 8.98. The Balaban J connectivity index is 2.29. The van der Waals surface area contributed by atoms with E-state index in [2.05, 4.69) is 27.1 Å². The van der Waals surface area contributed by atoms with Crippen LogP contribution in [0.1, 0.15) is 25.3 Å². The van der Waals surface area contributed by atoms with Gasteiger partial charge in [-0.25, -0.2) is 0 Å². The molecule has 15 heavy (non-hydrogen) atoms. The number of nitrogens with zero attached hydrogens (tertiary/aromatic N) is 3. The van der Waals surface area contributed by atoms with E-state index in [9.17, 15) is 10.1 Å². The van der Waals surface area contributed by atoms with Gasteiger partial charge < -0.3 is 10.1 Å². The van der Waals surface area contributed by atoms with Crippen molar-refractivity contribution in [1.82, 2.24) is 9.78 Å². The fraction of sp³-hybridized carbons (Fsp3) is 0.444. The summed E-state index contributed by atoms with van der Waals surface area (Å²) in [6.45, 7) is 0. The predicted octanol–water partition coefficient (Wildman–Crippen LogP) is 2.84. The van der Waals surface area contributed by atoms with Crippen LogP contribution in [0, 0.1) is 10.1 Å². The normalized spacial score (nSPS) is 20.5. The Bertz CT molecular complexity index is 413. The Labute approximate surface area is 95.1 Å². The van der Waals surface area contributed by atoms with E-state index in [-0.39, 0.29) is 11.9 Å². The molecule has 1 aliphatic rings. The minimum absolute atomic E-state index is 0.117. The number of halogens is 1. The molecule has 0 aliphatic heterocycles. The van der Waals surface area contributed by atoms with Crippen molar-refractivity contribution in [1.29, 1.82) is 0 Å². The average molecular weight is 272 g/mol. The van der Waals surface area contributed by atoms with Crippen molar-refractivity contribution in [3.63, 3.8) is 0 Å². The number of aromatic nitrogens is 2. The van der Waals surface area contributed by atoms with Gasteiger partial charge in [0.2, 0.25) is 0 Å². The van der Waals surface area contributed by atoms with Crippen molar-refractivity contribution in [2.75, 3.05) is 0 Å². The van der Waals surface area contributed by atoms with Crippen LogP contribution >= 0.6 is 15.9 Å². The Morgan fingerprint density at radius 2 is 2.47 bits per heavy atom. The number of rotatable bonds is 2. The van der Waals surface area contributed by atoms with Crippen LogP contribution in [0.2, 0.25) is 0 Å². The predicted molar refractivity (Wildman–Crippen MR) is 58.6 cm³/mol. The summed E-state index contributed by atoms with van der Waals surface area (Å²) in [5, 5.41) is 14.6. The molecule has 1 aliphatic carbocycles. The first-order chi connectivity index (χ1) is 7.18. The van der Waals surface area contributed by atoms with Crippen molar-refractivity contribution >= 4 is 21.7 Å². The van der Waals surface area contributed by atoms with E-state index in [0.29, 0.717) is 4.47 Å². The van der Waals surface area contributed by atoms with Gasteiger partial charge in [-0.2, -0.15) is 4.68 Å². The Hall–Kier alpha value is -1.17. The highest BCUT2D eigenvalue weighted by atomic mass is 79.9. The average Bonchev–Trinajstić information content (AvgIpc) is 2.62. The first-order valence-electron chi connectivity index (χ1n) is 4.74. The van der Waals surface area contributed by atoms with Crippen LogP contribution in [0.25, 0.3) is 0 Å². The van der Waals surface area contributed by atoms with Crippen molar-refractivity contribution in [2.24, 2.45) is 0 Å². The summed E-state index contributed by atoms with van der Waals surface area (Å²) in [5.74, 6) is -0.117. The number of allylic oxidation sites excluding steroid dienone is 2. The minimum Gasteiger partial charge on any atom is -0.358 e. The van der Waals surface area contributed by atoms with Gasteiger partial charge in [-0.1, -0.05) is 12.2 Å². The molecule has 0 amide bonds. The zero-order chi connectivity index (χ0) is 10.8. The molecule has 0 saturated carbocycles. The van der Waals surface area contributed by atoms with E-state index >= 15 is 0 Å². The zero-order valence-corrected chi connectivity index (χ0v) is 9.55. The molecule has 1 heterocycles. The number of hydrogen-bond donors (Lipinski definition) is 0. The molecule has 5 nitrogen and oxygen atoms in total. The monoisotopic (exact) mass is 271 g/mol. The van der Waals surface area contributed by atoms with E-state index in [4.69, 9.17) is 0 Å². The topological polar surface area (TPSA) is 61.0 Å². The van der Waals surface area contributed by atoms with E-state index in [0.717, 1.165) is 19.3 Å². The maximum Gasteiger partial charge on any atom is 0.404 e. The lowest BCUT2D eigenvalue weighted by Crippen LogP contribution is -2.09. The van der Waals surface area contributed by atoms with Crippen LogP contribution in [-0.4, -0.2) is 14.7 Å². The maximum absolute atomic E-state index is 10.6. The van der Waals surface area contributed by atoms with Crippen LogP contribution in [0.4, 0.5) is 5.82 Å². The second-order valence-electron chi connectivity index (χ2n) is 3.46. The number of hydrogen-bond acceptors (Lipinski definition) is 3. The van der Waals surface area contributed by atoms with E-state index in [1.807, 2.05) is 6.08 Å². The third-order valence-corrected chi connectivity index (χ3v) is 2.97. The third-order valence-electron chi connectivity index (χ3n) is 2.41. The molecule has 6 heteroatoms. The summed E-state index contributed by atoms with van der Waals surface area (Å²) in [4.78, 5) is 10.1. The molecule has 0 bridgehead atoms. The molecular weight excluding hydrogens is 262 g/mol. The molecule has 0 fully saturated rings. The largest absolute Gasteiger partial charge is 0.404 e. The molecule has 2 rings (SSSR count). The van der Waals surface area contributed by atoms with Crippen molar-refractivity contribution in [3.8, 4) is 0 Å². The van der Waals surface area contributed by atoms with Gasteiger partial charge in [-0.15, -0.1) is 0 Å². The molecule has 1 aromatic heterocycles. The van der Waals surface area contributed by atoms with Crippen LogP contribution in [0.15, 0.2) is 22.8 Å². The van der Waals surface area contributed by atoms with E-state index < -0.39 is 4.92 Å². The lowest BCUT2D eigenvalue weighted by atomic mass is 10.0. The molecule has 80 valence electrons. The SMILES string of the molecule is O=[N+]([O-])c1nn(C2C=CCCC2)cc1Br. The zero-order valence-electron chi connectivity index (χ0n) is 7.97. The summed E-state index contributed by atoms with van der Waals surface area (Å²) >= 11 is 3.14. The molecule has 1 atom stereocenters. The molecule has 0 aromatic carbocycles. The summed E-state index contributed by atoms with van der Waals surface area (Å²) in [5.41, 5.74) is 0. The lowest BCUT2D eigenvalue weighted by molar-refractivity contribution is -0.390. The molecule has 1 aromatic rings. The fourth-order valence-corrected chi connectivity index (χ4v) is 2.10. The quantitative estimate of drug-likeness (QED) is 0.472. The van der Waals surface area contributed by atoms with Gasteiger partial charge in [0, 0.05) is 0 Å². The highest BCUT2D eigenvalue weighted by Crippen LogP contribution is 2.28. The van der Waals surface area contributed by atoms with Gasteiger partial charge in [0.25, 0.3) is 0 Å². The van der Waals surface area contributed by atoms with E-state index in [1.54, 1.807) is 10.9 Å². The Morgan fingerprint density at radius 3 is 3.00 bits per heavy atom. The van der Waals surface area contributed by atoms with Crippen molar-refractivity contribution in [3.05, 3.63) is 32.9 Å². The standard InChI is InChI=1S/C9H10BrN3O2/c10-8-6-12(11-9(8)13(14)15)7-4-2-1-3-5-7/h2,4,6-7H,1,3,5H2. The minimum atomic E-state index is -0.479. The van der Waals surface area contributed by atoms with Gasteiger partial charge in [0.05, 0.1) is 17.3 Å². The molecular formula is C9H10BrN3O2. The smallest absolute Gasteiger partial charge is 0.358 e. The van der Waals surface area contributed by atoms with E-state index in [1.165, 1.54) is 0 Å². The van der Waals surface area contributed by atoms with Gasteiger partial charge >= 0.3 is 5.82 Å². The highest BCUT2D eigenvalue weighted by Gasteiger charge is 2.22. The van der Waals surface area contributed by atoms with Crippen LogP contribution in [0.5, 0.6) is 0 Å². The van der Waals surface area contributed by atoms with Crippen LogP contribution in [-0.2, 0) is 0 Å². The third kappa shape index (κ3) is 2.09. The molecule has 0 spiro atoms. The second-order valence-corrected chi connectivity index (χ2v) is 4.32. The van der Waals surface area contributed by atoms with Crippen molar-refractivity contribution in [2.45, 2.75) is 25.3 Å². The first kappa shape index (κ1) is 10.4. The van der Waals surface area contributed by atoms with Crippen LogP contribution < -0.4 is 0 Å². The van der Waals surface area contributed by atoms with Crippen molar-refractivity contribution < 1.29 is 4.92 Å². The summed E-state index contributed by atoms with van der Waals surface area (Å²) in [7, 11) is 0. The molecule has 1 unspecified atom stereocenters. The Kier molecular flexibility index (Phi) is 2.86. The number of nitro groups is 1.